The van der Waals surface area contributed by atoms with Crippen LogP contribution in [0, 0.1) is 18.7 Å². The van der Waals surface area contributed by atoms with Gasteiger partial charge in [-0.3, -0.25) is 4.90 Å². The van der Waals surface area contributed by atoms with Crippen LogP contribution in [0.1, 0.15) is 42.9 Å². The van der Waals surface area contributed by atoms with Gasteiger partial charge in [0, 0.05) is 37.8 Å². The molecule has 1 aromatic rings. The van der Waals surface area contributed by atoms with E-state index < -0.39 is 0 Å². The molecule has 21 heavy (non-hydrogen) atoms. The highest BCUT2D eigenvalue weighted by Gasteiger charge is 2.33. The maximum Gasteiger partial charge on any atom is 0.128 e. The molecule has 0 aromatic heterocycles. The summed E-state index contributed by atoms with van der Waals surface area (Å²) in [6, 6.07) is 6.05. The highest BCUT2D eigenvalue weighted by atomic mass is 35.5. The van der Waals surface area contributed by atoms with E-state index >= 15 is 0 Å². The average Bonchev–Trinajstić information content (AvgIpc) is 2.97. The van der Waals surface area contributed by atoms with E-state index in [1.165, 1.54) is 25.7 Å². The van der Waals surface area contributed by atoms with Gasteiger partial charge in [-0.25, -0.2) is 4.39 Å². The summed E-state index contributed by atoms with van der Waals surface area (Å²) >= 11 is 0. The topological polar surface area (TPSA) is 15.3 Å². The first-order valence-corrected chi connectivity index (χ1v) is 7.96. The van der Waals surface area contributed by atoms with Gasteiger partial charge in [0.25, 0.3) is 0 Å². The predicted octanol–water partition coefficient (Wildman–Crippen LogP) is 3.69. The SMILES string of the molecule is Cc1ccc([C@H](C2CCCC2)N2CCNCC2)c(F)c1.Cl. The molecule has 1 saturated heterocycles. The van der Waals surface area contributed by atoms with E-state index in [9.17, 15) is 4.39 Å². The Hall–Kier alpha value is -0.640. The van der Waals surface area contributed by atoms with Crippen molar-refractivity contribution in [3.8, 4) is 0 Å². The van der Waals surface area contributed by atoms with Crippen LogP contribution in [0.25, 0.3) is 0 Å². The summed E-state index contributed by atoms with van der Waals surface area (Å²) < 4.78 is 14.5. The van der Waals surface area contributed by atoms with Crippen molar-refractivity contribution in [3.63, 3.8) is 0 Å². The van der Waals surface area contributed by atoms with E-state index in [1.807, 2.05) is 13.0 Å². The van der Waals surface area contributed by atoms with E-state index in [2.05, 4.69) is 16.3 Å². The molecule has 4 heteroatoms. The summed E-state index contributed by atoms with van der Waals surface area (Å²) in [4.78, 5) is 2.50. The monoisotopic (exact) mass is 312 g/mol. The Morgan fingerprint density at radius 1 is 1.19 bits per heavy atom. The molecule has 1 atom stereocenters. The Morgan fingerprint density at radius 3 is 2.48 bits per heavy atom. The molecule has 2 nitrogen and oxygen atoms in total. The van der Waals surface area contributed by atoms with Gasteiger partial charge in [-0.1, -0.05) is 25.0 Å². The van der Waals surface area contributed by atoms with Crippen molar-refractivity contribution >= 4 is 12.4 Å². The molecule has 1 aromatic carbocycles. The van der Waals surface area contributed by atoms with Crippen LogP contribution >= 0.6 is 12.4 Å². The summed E-state index contributed by atoms with van der Waals surface area (Å²) in [7, 11) is 0. The lowest BCUT2D eigenvalue weighted by molar-refractivity contribution is 0.122. The molecule has 1 aliphatic heterocycles. The molecule has 1 heterocycles. The Labute approximate surface area is 133 Å². The molecule has 1 aliphatic carbocycles. The molecular weight excluding hydrogens is 287 g/mol. The molecule has 0 amide bonds. The van der Waals surface area contributed by atoms with Gasteiger partial charge in [0.1, 0.15) is 5.82 Å². The third-order valence-corrected chi connectivity index (χ3v) is 4.87. The van der Waals surface area contributed by atoms with Crippen LogP contribution in [0.2, 0.25) is 0 Å². The zero-order chi connectivity index (χ0) is 13.9. The highest BCUT2D eigenvalue weighted by Crippen LogP contribution is 2.40. The first kappa shape index (κ1) is 16.7. The number of hydrogen-bond acceptors (Lipinski definition) is 2. The van der Waals surface area contributed by atoms with Crippen molar-refractivity contribution in [2.75, 3.05) is 26.2 Å². The predicted molar refractivity (Wildman–Crippen MR) is 87.5 cm³/mol. The van der Waals surface area contributed by atoms with Crippen LogP contribution in [0.4, 0.5) is 4.39 Å². The minimum atomic E-state index is -0.0135. The maximum absolute atomic E-state index is 14.5. The third-order valence-electron chi connectivity index (χ3n) is 4.87. The zero-order valence-electron chi connectivity index (χ0n) is 12.8. The lowest BCUT2D eigenvalue weighted by atomic mass is 9.89. The van der Waals surface area contributed by atoms with Crippen LogP contribution in [0.15, 0.2) is 18.2 Å². The molecule has 118 valence electrons. The van der Waals surface area contributed by atoms with Gasteiger partial charge in [-0.05, 0) is 37.3 Å². The van der Waals surface area contributed by atoms with Gasteiger partial charge < -0.3 is 5.32 Å². The standard InChI is InChI=1S/C17H25FN2.ClH/c1-13-6-7-15(16(18)12-13)17(14-4-2-3-5-14)20-10-8-19-9-11-20;/h6-7,12,14,17,19H,2-5,8-11H2,1H3;1H/t17-;/m0./s1. The fourth-order valence-corrected chi connectivity index (χ4v) is 3.85. The maximum atomic E-state index is 14.5. The van der Waals surface area contributed by atoms with E-state index in [0.29, 0.717) is 5.92 Å². The van der Waals surface area contributed by atoms with Crippen LogP contribution in [0.5, 0.6) is 0 Å². The molecule has 1 N–H and O–H groups in total. The molecule has 2 fully saturated rings. The molecule has 2 aliphatic rings. The fourth-order valence-electron chi connectivity index (χ4n) is 3.85. The number of rotatable bonds is 3. The lowest BCUT2D eigenvalue weighted by Gasteiger charge is -2.38. The number of hydrogen-bond donors (Lipinski definition) is 1. The molecule has 0 radical (unpaired) electrons. The van der Waals surface area contributed by atoms with Gasteiger partial charge in [0.05, 0.1) is 0 Å². The smallest absolute Gasteiger partial charge is 0.128 e. The number of piperazine rings is 1. The first-order chi connectivity index (χ1) is 9.75. The molecule has 3 rings (SSSR count). The average molecular weight is 313 g/mol. The Balaban J connectivity index is 0.00000161. The number of nitrogens with zero attached hydrogens (tertiary/aromatic N) is 1. The van der Waals surface area contributed by atoms with E-state index in [0.717, 1.165) is 37.3 Å². The molecule has 0 unspecified atom stereocenters. The van der Waals surface area contributed by atoms with Crippen LogP contribution < -0.4 is 5.32 Å². The summed E-state index contributed by atoms with van der Waals surface area (Å²) in [5.41, 5.74) is 1.93. The van der Waals surface area contributed by atoms with Crippen molar-refractivity contribution in [2.24, 2.45) is 5.92 Å². The summed E-state index contributed by atoms with van der Waals surface area (Å²) in [6.07, 6.45) is 5.12. The number of nitrogens with one attached hydrogen (secondary N) is 1. The van der Waals surface area contributed by atoms with E-state index in [4.69, 9.17) is 0 Å². The largest absolute Gasteiger partial charge is 0.314 e. The minimum absolute atomic E-state index is 0. The van der Waals surface area contributed by atoms with E-state index in [1.54, 1.807) is 6.07 Å². The lowest BCUT2D eigenvalue weighted by Crippen LogP contribution is -2.46. The fraction of sp³-hybridized carbons (Fsp3) is 0.647. The number of halogens is 2. The Kier molecular flexibility index (Phi) is 6.03. The summed E-state index contributed by atoms with van der Waals surface area (Å²) in [5.74, 6) is 0.616. The van der Waals surface area contributed by atoms with Gasteiger partial charge in [-0.15, -0.1) is 12.4 Å². The first-order valence-electron chi connectivity index (χ1n) is 7.96. The molecule has 1 saturated carbocycles. The van der Waals surface area contributed by atoms with Gasteiger partial charge in [-0.2, -0.15) is 0 Å². The molecule has 0 bridgehead atoms. The second-order valence-corrected chi connectivity index (χ2v) is 6.30. The quantitative estimate of drug-likeness (QED) is 0.915. The van der Waals surface area contributed by atoms with Crippen molar-refractivity contribution in [1.82, 2.24) is 10.2 Å². The van der Waals surface area contributed by atoms with Gasteiger partial charge >= 0.3 is 0 Å². The normalized spacial score (nSPS) is 22.0. The second kappa shape index (κ2) is 7.57. The van der Waals surface area contributed by atoms with Crippen LogP contribution in [-0.2, 0) is 0 Å². The summed E-state index contributed by atoms with van der Waals surface area (Å²) in [5, 5.41) is 3.40. The second-order valence-electron chi connectivity index (χ2n) is 6.30. The van der Waals surface area contributed by atoms with Gasteiger partial charge in [0.2, 0.25) is 0 Å². The highest BCUT2D eigenvalue weighted by molar-refractivity contribution is 5.85. The van der Waals surface area contributed by atoms with Crippen LogP contribution in [-0.4, -0.2) is 31.1 Å². The van der Waals surface area contributed by atoms with Crippen molar-refractivity contribution in [3.05, 3.63) is 35.1 Å². The van der Waals surface area contributed by atoms with Crippen molar-refractivity contribution < 1.29 is 4.39 Å². The summed E-state index contributed by atoms with van der Waals surface area (Å²) in [6.45, 7) is 6.08. The minimum Gasteiger partial charge on any atom is -0.314 e. The molecular formula is C17H26ClFN2. The number of benzene rings is 1. The van der Waals surface area contributed by atoms with Crippen molar-refractivity contribution in [2.45, 2.75) is 38.6 Å². The van der Waals surface area contributed by atoms with Crippen molar-refractivity contribution in [1.29, 1.82) is 0 Å². The van der Waals surface area contributed by atoms with E-state index in [-0.39, 0.29) is 24.3 Å². The van der Waals surface area contributed by atoms with Gasteiger partial charge in [0.15, 0.2) is 0 Å². The third kappa shape index (κ3) is 3.77. The zero-order valence-corrected chi connectivity index (χ0v) is 13.6. The number of aryl methyl sites for hydroxylation is 1. The van der Waals surface area contributed by atoms with Crippen LogP contribution in [0.3, 0.4) is 0 Å². The Bertz CT molecular complexity index is 454. The Morgan fingerprint density at radius 2 is 1.86 bits per heavy atom. The molecule has 0 spiro atoms.